The topological polar surface area (TPSA) is 102 Å². The lowest BCUT2D eigenvalue weighted by Crippen LogP contribution is -2.50. The number of rotatable bonds is 6. The van der Waals surface area contributed by atoms with Crippen LogP contribution >= 0.6 is 0 Å². The number of hydrogen-bond acceptors (Lipinski definition) is 5. The van der Waals surface area contributed by atoms with Crippen LogP contribution in [0.3, 0.4) is 0 Å². The summed E-state index contributed by atoms with van der Waals surface area (Å²) in [6, 6.07) is 5.38. The minimum Gasteiger partial charge on any atom is -0.480 e. The van der Waals surface area contributed by atoms with Gasteiger partial charge in [-0.15, -0.1) is 0 Å². The number of nitrogens with zero attached hydrogens (tertiary/aromatic N) is 2. The van der Waals surface area contributed by atoms with Gasteiger partial charge in [-0.25, -0.2) is 9.78 Å². The van der Waals surface area contributed by atoms with Gasteiger partial charge in [0.25, 0.3) is 0 Å². The van der Waals surface area contributed by atoms with E-state index >= 15 is 0 Å². The first kappa shape index (κ1) is 16.4. The minimum absolute atomic E-state index is 0.156. The van der Waals surface area contributed by atoms with Crippen LogP contribution in [0.25, 0.3) is 5.65 Å². The van der Waals surface area contributed by atoms with Crippen LogP contribution in [0, 0.1) is 0 Å². The van der Waals surface area contributed by atoms with Crippen molar-refractivity contribution in [1.82, 2.24) is 14.7 Å². The molecule has 1 saturated heterocycles. The summed E-state index contributed by atoms with van der Waals surface area (Å²) in [5.74, 6) is -1.20. The van der Waals surface area contributed by atoms with E-state index in [1.54, 1.807) is 6.20 Å². The van der Waals surface area contributed by atoms with Gasteiger partial charge in [-0.1, -0.05) is 6.07 Å². The zero-order valence-electron chi connectivity index (χ0n) is 13.1. The van der Waals surface area contributed by atoms with Gasteiger partial charge in [0.1, 0.15) is 18.4 Å². The Labute approximate surface area is 138 Å². The molecule has 2 atom stereocenters. The molecule has 0 radical (unpaired) electrons. The first-order valence-corrected chi connectivity index (χ1v) is 7.75. The third-order valence-electron chi connectivity index (χ3n) is 3.91. The SMILES string of the molecule is O=C(O)CO[C@@H]1COCC[C@H]1NC(=O)Cc1cnc2ccccn12. The number of nitrogens with one attached hydrogen (secondary N) is 1. The molecule has 8 nitrogen and oxygen atoms in total. The van der Waals surface area contributed by atoms with E-state index in [4.69, 9.17) is 14.6 Å². The normalized spacial score (nSPS) is 20.8. The highest BCUT2D eigenvalue weighted by atomic mass is 16.5. The summed E-state index contributed by atoms with van der Waals surface area (Å²) in [4.78, 5) is 27.2. The van der Waals surface area contributed by atoms with Crippen LogP contribution < -0.4 is 5.32 Å². The molecule has 0 spiro atoms. The monoisotopic (exact) mass is 333 g/mol. The van der Waals surface area contributed by atoms with Crippen molar-refractivity contribution in [3.8, 4) is 0 Å². The number of pyridine rings is 1. The Bertz CT molecular complexity index is 729. The highest BCUT2D eigenvalue weighted by molar-refractivity contribution is 5.78. The number of hydrogen-bond donors (Lipinski definition) is 2. The summed E-state index contributed by atoms with van der Waals surface area (Å²) in [5.41, 5.74) is 1.58. The third-order valence-corrected chi connectivity index (χ3v) is 3.91. The maximum atomic E-state index is 12.3. The quantitative estimate of drug-likeness (QED) is 0.786. The molecule has 0 aliphatic carbocycles. The predicted molar refractivity (Wildman–Crippen MR) is 83.6 cm³/mol. The molecule has 2 aromatic rings. The first-order chi connectivity index (χ1) is 11.6. The Morgan fingerprint density at radius 1 is 1.46 bits per heavy atom. The van der Waals surface area contributed by atoms with Crippen molar-refractivity contribution in [2.24, 2.45) is 0 Å². The fourth-order valence-corrected chi connectivity index (χ4v) is 2.76. The minimum atomic E-state index is -1.05. The van der Waals surface area contributed by atoms with Crippen molar-refractivity contribution < 1.29 is 24.2 Å². The molecule has 8 heteroatoms. The molecule has 1 fully saturated rings. The maximum Gasteiger partial charge on any atom is 0.329 e. The molecule has 0 aromatic carbocycles. The van der Waals surface area contributed by atoms with E-state index in [0.717, 1.165) is 11.3 Å². The molecule has 1 aliphatic rings. The van der Waals surface area contributed by atoms with Gasteiger partial charge in [0.2, 0.25) is 5.91 Å². The van der Waals surface area contributed by atoms with Gasteiger partial charge < -0.3 is 24.3 Å². The molecular formula is C16H19N3O5. The summed E-state index contributed by atoms with van der Waals surface area (Å²) in [6.07, 6.45) is 3.85. The maximum absolute atomic E-state index is 12.3. The van der Waals surface area contributed by atoms with E-state index in [1.807, 2.05) is 28.8 Å². The highest BCUT2D eigenvalue weighted by Gasteiger charge is 2.28. The number of imidazole rings is 1. The lowest BCUT2D eigenvalue weighted by Gasteiger charge is -2.31. The van der Waals surface area contributed by atoms with Gasteiger partial charge in [0.15, 0.2) is 0 Å². The first-order valence-electron chi connectivity index (χ1n) is 7.75. The Morgan fingerprint density at radius 2 is 2.33 bits per heavy atom. The summed E-state index contributed by atoms with van der Waals surface area (Å²) >= 11 is 0. The van der Waals surface area contributed by atoms with Crippen LogP contribution in [-0.4, -0.2) is 58.3 Å². The molecule has 3 rings (SSSR count). The van der Waals surface area contributed by atoms with Gasteiger partial charge in [-0.2, -0.15) is 0 Å². The molecule has 3 heterocycles. The van der Waals surface area contributed by atoms with Crippen molar-refractivity contribution in [2.75, 3.05) is 19.8 Å². The number of aliphatic carboxylic acids is 1. The molecule has 2 N–H and O–H groups in total. The Hall–Kier alpha value is -2.45. The second-order valence-electron chi connectivity index (χ2n) is 5.64. The Balaban J connectivity index is 1.61. The number of carbonyl (C=O) groups excluding carboxylic acids is 1. The standard InChI is InChI=1S/C16H19N3O5/c20-15(7-11-8-17-14-3-1-2-5-19(11)14)18-12-4-6-23-9-13(12)24-10-16(21)22/h1-3,5,8,12-13H,4,6-7,9-10H2,(H,18,20)(H,21,22)/t12-,13-/m1/s1. The van der Waals surface area contributed by atoms with E-state index in [0.29, 0.717) is 13.0 Å². The number of aromatic nitrogens is 2. The highest BCUT2D eigenvalue weighted by Crippen LogP contribution is 2.13. The second kappa shape index (κ2) is 7.41. The number of carbonyl (C=O) groups is 2. The molecule has 24 heavy (non-hydrogen) atoms. The zero-order chi connectivity index (χ0) is 16.9. The molecule has 2 aromatic heterocycles. The summed E-state index contributed by atoms with van der Waals surface area (Å²) in [5, 5.41) is 11.6. The fraction of sp³-hybridized carbons (Fsp3) is 0.438. The molecule has 0 bridgehead atoms. The molecule has 0 unspecified atom stereocenters. The van der Waals surface area contributed by atoms with E-state index < -0.39 is 18.7 Å². The van der Waals surface area contributed by atoms with Crippen LogP contribution in [0.5, 0.6) is 0 Å². The number of carboxylic acids is 1. The third kappa shape index (κ3) is 3.90. The van der Waals surface area contributed by atoms with Crippen molar-refractivity contribution in [1.29, 1.82) is 0 Å². The average Bonchev–Trinajstić information content (AvgIpc) is 2.97. The van der Waals surface area contributed by atoms with Crippen molar-refractivity contribution >= 4 is 17.5 Å². The van der Waals surface area contributed by atoms with E-state index in [1.165, 1.54) is 0 Å². The smallest absolute Gasteiger partial charge is 0.329 e. The van der Waals surface area contributed by atoms with Crippen molar-refractivity contribution in [3.05, 3.63) is 36.3 Å². The van der Waals surface area contributed by atoms with Crippen LogP contribution in [0.1, 0.15) is 12.1 Å². The van der Waals surface area contributed by atoms with Gasteiger partial charge in [-0.05, 0) is 18.6 Å². The summed E-state index contributed by atoms with van der Waals surface area (Å²) in [6.45, 7) is 0.370. The molecule has 128 valence electrons. The van der Waals surface area contributed by atoms with Crippen LogP contribution in [0.2, 0.25) is 0 Å². The van der Waals surface area contributed by atoms with Gasteiger partial charge in [0.05, 0.1) is 24.8 Å². The molecule has 0 saturated carbocycles. The molecular weight excluding hydrogens is 314 g/mol. The molecule has 1 amide bonds. The van der Waals surface area contributed by atoms with Gasteiger partial charge >= 0.3 is 5.97 Å². The largest absolute Gasteiger partial charge is 0.480 e. The zero-order valence-corrected chi connectivity index (χ0v) is 13.1. The van der Waals surface area contributed by atoms with Crippen molar-refractivity contribution in [2.45, 2.75) is 25.0 Å². The average molecular weight is 333 g/mol. The number of amides is 1. The summed E-state index contributed by atoms with van der Waals surface area (Å²) < 4.78 is 12.5. The number of ether oxygens (including phenoxy) is 2. The van der Waals surface area contributed by atoms with Gasteiger partial charge in [0, 0.05) is 19.0 Å². The Morgan fingerprint density at radius 3 is 3.17 bits per heavy atom. The van der Waals surface area contributed by atoms with E-state index in [-0.39, 0.29) is 25.0 Å². The Kier molecular flexibility index (Phi) is 5.07. The van der Waals surface area contributed by atoms with Crippen LogP contribution in [-0.2, 0) is 25.5 Å². The van der Waals surface area contributed by atoms with E-state index in [2.05, 4.69) is 10.3 Å². The summed E-state index contributed by atoms with van der Waals surface area (Å²) in [7, 11) is 0. The molecule has 1 aliphatic heterocycles. The lowest BCUT2D eigenvalue weighted by atomic mass is 10.1. The van der Waals surface area contributed by atoms with Crippen LogP contribution in [0.15, 0.2) is 30.6 Å². The fourth-order valence-electron chi connectivity index (χ4n) is 2.76. The van der Waals surface area contributed by atoms with E-state index in [9.17, 15) is 9.59 Å². The van der Waals surface area contributed by atoms with Gasteiger partial charge in [-0.3, -0.25) is 4.79 Å². The second-order valence-corrected chi connectivity index (χ2v) is 5.64. The van der Waals surface area contributed by atoms with Crippen LogP contribution in [0.4, 0.5) is 0 Å². The number of carboxylic acid groups (broad SMARTS) is 1. The number of fused-ring (bicyclic) bond motifs is 1. The van der Waals surface area contributed by atoms with Crippen molar-refractivity contribution in [3.63, 3.8) is 0 Å². The predicted octanol–water partition coefficient (Wildman–Crippen LogP) is 0.252. The lowest BCUT2D eigenvalue weighted by molar-refractivity contribution is -0.149.